The number of carbonyl (C=O) groups excluding carboxylic acids is 2. The molecule has 6 heteroatoms. The maximum absolute atomic E-state index is 13.0. The number of carbonyl (C=O) groups is 2. The summed E-state index contributed by atoms with van der Waals surface area (Å²) < 4.78 is 0. The number of Topliss-reactive ketones (excluding diaryl/α,β-unsaturated/α-hetero) is 1. The lowest BCUT2D eigenvalue weighted by molar-refractivity contribution is -0.156. The molecule has 30 heavy (non-hydrogen) atoms. The summed E-state index contributed by atoms with van der Waals surface area (Å²) in [5.41, 5.74) is 4.55. The highest BCUT2D eigenvalue weighted by molar-refractivity contribution is 6.31. The topological polar surface area (TPSA) is 73.2 Å². The van der Waals surface area contributed by atoms with Gasteiger partial charge in [-0.2, -0.15) is 5.10 Å². The van der Waals surface area contributed by atoms with Crippen LogP contribution >= 0.6 is 0 Å². The Morgan fingerprint density at radius 1 is 1.07 bits per heavy atom. The molecular weight excluding hydrogens is 378 g/mol. The summed E-state index contributed by atoms with van der Waals surface area (Å²) in [4.78, 5) is 26.8. The van der Waals surface area contributed by atoms with Crippen molar-refractivity contribution in [2.24, 2.45) is 5.10 Å². The molecule has 0 spiro atoms. The average Bonchev–Trinajstić information content (AvgIpc) is 2.72. The van der Waals surface area contributed by atoms with Crippen LogP contribution < -0.4 is 0 Å². The molecule has 2 aliphatic rings. The third-order valence-corrected chi connectivity index (χ3v) is 6.07. The maximum Gasteiger partial charge on any atom is 0.250 e. The minimum Gasteiger partial charge on any atom is -0.382 e. The molecule has 0 radical (unpaired) electrons. The SMILES string of the molecule is CCN1C[C@@H](C(c2cccc(C)c2)c2cccc(C)c2)N2N=CC(=O)C(O)C2C1=O. The molecule has 1 amide bonds. The van der Waals surface area contributed by atoms with Gasteiger partial charge in [0, 0.05) is 19.0 Å². The van der Waals surface area contributed by atoms with Crippen LogP contribution in [0, 0.1) is 13.8 Å². The molecule has 156 valence electrons. The predicted molar refractivity (Wildman–Crippen MR) is 115 cm³/mol. The standard InChI is InChI=1S/C24H27N3O3/c1-4-26-14-19(27-22(24(26)30)23(29)20(28)13-25-27)21(17-9-5-7-15(2)11-17)18-10-6-8-16(3)12-18/h5-13,19,21-23,29H,4,14H2,1-3H3/t19-,22?,23?/m0/s1. The molecule has 6 nitrogen and oxygen atoms in total. The molecule has 0 saturated carbocycles. The van der Waals surface area contributed by atoms with Gasteiger partial charge in [-0.15, -0.1) is 0 Å². The van der Waals surface area contributed by atoms with Crippen LogP contribution in [0.3, 0.4) is 0 Å². The number of piperazine rings is 1. The minimum absolute atomic E-state index is 0.0768. The Morgan fingerprint density at radius 2 is 1.67 bits per heavy atom. The van der Waals surface area contributed by atoms with Crippen molar-refractivity contribution in [2.75, 3.05) is 13.1 Å². The van der Waals surface area contributed by atoms with E-state index in [-0.39, 0.29) is 17.9 Å². The molecule has 2 aromatic carbocycles. The highest BCUT2D eigenvalue weighted by atomic mass is 16.3. The van der Waals surface area contributed by atoms with Gasteiger partial charge in [0.15, 0.2) is 6.04 Å². The number of likely N-dealkylation sites (N-methyl/N-ethyl adjacent to an activating group) is 1. The van der Waals surface area contributed by atoms with Crippen molar-refractivity contribution < 1.29 is 14.7 Å². The van der Waals surface area contributed by atoms with Gasteiger partial charge in [-0.3, -0.25) is 14.6 Å². The second-order valence-electron chi connectivity index (χ2n) is 8.17. The molecule has 1 saturated heterocycles. The lowest BCUT2D eigenvalue weighted by Gasteiger charge is -2.49. The van der Waals surface area contributed by atoms with Crippen molar-refractivity contribution in [3.63, 3.8) is 0 Å². The van der Waals surface area contributed by atoms with Gasteiger partial charge in [-0.1, -0.05) is 59.7 Å². The van der Waals surface area contributed by atoms with Crippen LogP contribution in [0.25, 0.3) is 0 Å². The monoisotopic (exact) mass is 405 g/mol. The number of hydrogen-bond acceptors (Lipinski definition) is 5. The van der Waals surface area contributed by atoms with E-state index in [4.69, 9.17) is 0 Å². The van der Waals surface area contributed by atoms with Crippen molar-refractivity contribution in [1.29, 1.82) is 0 Å². The van der Waals surface area contributed by atoms with Crippen molar-refractivity contribution in [1.82, 2.24) is 9.91 Å². The number of aliphatic hydroxyl groups excluding tert-OH is 1. The van der Waals surface area contributed by atoms with Crippen LogP contribution in [0.5, 0.6) is 0 Å². The maximum atomic E-state index is 13.0. The lowest BCUT2D eigenvalue weighted by Crippen LogP contribution is -2.67. The van der Waals surface area contributed by atoms with E-state index in [1.165, 1.54) is 0 Å². The molecule has 0 bridgehead atoms. The van der Waals surface area contributed by atoms with Crippen LogP contribution in [0.1, 0.15) is 35.1 Å². The van der Waals surface area contributed by atoms with Crippen molar-refractivity contribution in [3.05, 3.63) is 70.8 Å². The summed E-state index contributed by atoms with van der Waals surface area (Å²) in [5.74, 6) is -0.852. The first-order chi connectivity index (χ1) is 14.4. The third-order valence-electron chi connectivity index (χ3n) is 6.07. The van der Waals surface area contributed by atoms with E-state index in [1.807, 2.05) is 19.1 Å². The number of fused-ring (bicyclic) bond motifs is 1. The number of ketones is 1. The van der Waals surface area contributed by atoms with E-state index in [2.05, 4.69) is 55.3 Å². The molecule has 4 rings (SSSR count). The number of amides is 1. The Kier molecular flexibility index (Phi) is 5.43. The zero-order valence-electron chi connectivity index (χ0n) is 17.5. The van der Waals surface area contributed by atoms with Gasteiger partial charge in [0.25, 0.3) is 0 Å². The molecule has 2 heterocycles. The van der Waals surface area contributed by atoms with E-state index in [9.17, 15) is 14.7 Å². The molecule has 2 unspecified atom stereocenters. The summed E-state index contributed by atoms with van der Waals surface area (Å²) >= 11 is 0. The van der Waals surface area contributed by atoms with Crippen LogP contribution in [-0.4, -0.2) is 64.2 Å². The zero-order valence-corrected chi connectivity index (χ0v) is 17.5. The largest absolute Gasteiger partial charge is 0.382 e. The second-order valence-corrected chi connectivity index (χ2v) is 8.17. The summed E-state index contributed by atoms with van der Waals surface area (Å²) in [5, 5.41) is 16.6. The number of nitrogens with zero attached hydrogens (tertiary/aromatic N) is 3. The lowest BCUT2D eigenvalue weighted by atomic mass is 9.81. The molecular formula is C24H27N3O3. The number of hydrogen-bond donors (Lipinski definition) is 1. The fourth-order valence-corrected chi connectivity index (χ4v) is 4.61. The molecule has 2 aliphatic heterocycles. The highest BCUT2D eigenvalue weighted by Gasteiger charge is 2.50. The van der Waals surface area contributed by atoms with Gasteiger partial charge in [-0.25, -0.2) is 0 Å². The van der Waals surface area contributed by atoms with Gasteiger partial charge >= 0.3 is 0 Å². The van der Waals surface area contributed by atoms with Gasteiger partial charge < -0.3 is 10.0 Å². The molecule has 1 fully saturated rings. The molecule has 2 aromatic rings. The Hall–Kier alpha value is -2.99. The van der Waals surface area contributed by atoms with E-state index >= 15 is 0 Å². The normalized spacial score (nSPS) is 23.8. The average molecular weight is 405 g/mol. The van der Waals surface area contributed by atoms with E-state index in [1.54, 1.807) is 9.91 Å². The smallest absolute Gasteiger partial charge is 0.250 e. The number of aliphatic hydroxyl groups is 1. The van der Waals surface area contributed by atoms with Gasteiger partial charge in [0.1, 0.15) is 6.10 Å². The highest BCUT2D eigenvalue weighted by Crippen LogP contribution is 2.37. The Bertz CT molecular complexity index is 957. The summed E-state index contributed by atoms with van der Waals surface area (Å²) in [6, 6.07) is 15.5. The Morgan fingerprint density at radius 3 is 2.20 bits per heavy atom. The first-order valence-corrected chi connectivity index (χ1v) is 10.4. The number of hydrazone groups is 1. The van der Waals surface area contributed by atoms with E-state index in [0.717, 1.165) is 28.5 Å². The first-order valence-electron chi connectivity index (χ1n) is 10.4. The fraction of sp³-hybridized carbons (Fsp3) is 0.375. The minimum atomic E-state index is -1.40. The van der Waals surface area contributed by atoms with Crippen molar-refractivity contribution >= 4 is 17.9 Å². The second kappa shape index (κ2) is 8.03. The summed E-state index contributed by atoms with van der Waals surface area (Å²) in [7, 11) is 0. The molecule has 0 aliphatic carbocycles. The third kappa shape index (κ3) is 3.52. The number of aryl methyl sites for hydroxylation is 2. The molecule has 1 N–H and O–H groups in total. The predicted octanol–water partition coefficient (Wildman–Crippen LogP) is 2.27. The van der Waals surface area contributed by atoms with Crippen LogP contribution in [0.4, 0.5) is 0 Å². The quantitative estimate of drug-likeness (QED) is 0.847. The fourth-order valence-electron chi connectivity index (χ4n) is 4.61. The van der Waals surface area contributed by atoms with Crippen LogP contribution in [0.15, 0.2) is 53.6 Å². The first kappa shape index (κ1) is 20.3. The summed E-state index contributed by atoms with van der Waals surface area (Å²) in [6.45, 7) is 7.02. The zero-order chi connectivity index (χ0) is 21.4. The number of benzene rings is 2. The van der Waals surface area contributed by atoms with Crippen molar-refractivity contribution in [2.45, 2.75) is 44.9 Å². The molecule has 0 aromatic heterocycles. The van der Waals surface area contributed by atoms with E-state index in [0.29, 0.717) is 13.1 Å². The molecule has 3 atom stereocenters. The van der Waals surface area contributed by atoms with Gasteiger partial charge in [-0.05, 0) is 31.9 Å². The Labute approximate surface area is 176 Å². The van der Waals surface area contributed by atoms with Crippen molar-refractivity contribution in [3.8, 4) is 0 Å². The Balaban J connectivity index is 1.87. The summed E-state index contributed by atoms with van der Waals surface area (Å²) in [6.07, 6.45) is -0.255. The van der Waals surface area contributed by atoms with Crippen LogP contribution in [-0.2, 0) is 9.59 Å². The van der Waals surface area contributed by atoms with Gasteiger partial charge in [0.2, 0.25) is 11.7 Å². The van der Waals surface area contributed by atoms with Crippen LogP contribution in [0.2, 0.25) is 0 Å². The van der Waals surface area contributed by atoms with Gasteiger partial charge in [0.05, 0.1) is 12.3 Å². The van der Waals surface area contributed by atoms with E-state index < -0.39 is 17.9 Å². The number of rotatable bonds is 4.